The third-order valence-electron chi connectivity index (χ3n) is 4.15. The smallest absolute Gasteiger partial charge is 0.256 e. The van der Waals surface area contributed by atoms with Gasteiger partial charge in [0.25, 0.3) is 5.91 Å². The highest BCUT2D eigenvalue weighted by Crippen LogP contribution is 2.21. The van der Waals surface area contributed by atoms with Crippen LogP contribution in [0.1, 0.15) is 21.6 Å². The molecule has 0 fully saturated rings. The zero-order valence-corrected chi connectivity index (χ0v) is 16.4. The van der Waals surface area contributed by atoms with Crippen LogP contribution in [0.5, 0.6) is 0 Å². The van der Waals surface area contributed by atoms with Gasteiger partial charge in [-0.05, 0) is 36.8 Å². The first-order valence-electron chi connectivity index (χ1n) is 8.75. The molecular weight excluding hydrogens is 421 g/mol. The van der Waals surface area contributed by atoms with Crippen LogP contribution in [0.2, 0.25) is 5.15 Å². The second kappa shape index (κ2) is 9.00. The van der Waals surface area contributed by atoms with Gasteiger partial charge in [-0.2, -0.15) is 5.10 Å². The number of hydrogen-bond donors (Lipinski definition) is 2. The Balaban J connectivity index is 1.63. The number of nitrogens with zero attached hydrogens (tertiary/aromatic N) is 2. The molecule has 0 atom stereocenters. The highest BCUT2D eigenvalue weighted by atomic mass is 35.5. The number of halogens is 4. The number of anilines is 1. The van der Waals surface area contributed by atoms with Crippen molar-refractivity contribution in [3.8, 4) is 0 Å². The summed E-state index contributed by atoms with van der Waals surface area (Å²) >= 11 is 6.27. The molecule has 2 N–H and O–H groups in total. The van der Waals surface area contributed by atoms with Crippen LogP contribution in [0.3, 0.4) is 0 Å². The van der Waals surface area contributed by atoms with Gasteiger partial charge in [0.1, 0.15) is 11.0 Å². The molecule has 0 saturated carbocycles. The van der Waals surface area contributed by atoms with Gasteiger partial charge in [0.15, 0.2) is 11.6 Å². The van der Waals surface area contributed by atoms with Crippen molar-refractivity contribution in [1.82, 2.24) is 15.1 Å². The summed E-state index contributed by atoms with van der Waals surface area (Å²) in [5.41, 5.74) is 1.23. The summed E-state index contributed by atoms with van der Waals surface area (Å²) in [6, 6.07) is 8.66. The molecule has 10 heteroatoms. The first-order valence-corrected chi connectivity index (χ1v) is 9.13. The van der Waals surface area contributed by atoms with Gasteiger partial charge in [-0.1, -0.05) is 23.7 Å². The van der Waals surface area contributed by atoms with Crippen LogP contribution in [-0.2, 0) is 11.3 Å². The molecule has 0 radical (unpaired) electrons. The third kappa shape index (κ3) is 4.98. The summed E-state index contributed by atoms with van der Waals surface area (Å²) in [5, 5.41) is 9.03. The van der Waals surface area contributed by atoms with Crippen LogP contribution in [0, 0.1) is 24.4 Å². The normalized spacial score (nSPS) is 10.7. The maximum Gasteiger partial charge on any atom is 0.256 e. The van der Waals surface area contributed by atoms with Gasteiger partial charge in [-0.25, -0.2) is 17.9 Å². The SMILES string of the molecule is Cc1nn(Cc2ccc(F)cc2)c(Cl)c1C(=O)NCC(=O)Nc1ccc(F)c(F)c1. The second-order valence-corrected chi connectivity index (χ2v) is 6.75. The molecule has 0 spiro atoms. The molecule has 3 aromatic rings. The van der Waals surface area contributed by atoms with E-state index in [1.54, 1.807) is 19.1 Å². The Morgan fingerprint density at radius 2 is 1.77 bits per heavy atom. The Labute approximate surface area is 174 Å². The Bertz CT molecular complexity index is 1100. The molecule has 1 aromatic heterocycles. The summed E-state index contributed by atoms with van der Waals surface area (Å²) in [6.45, 7) is 1.39. The topological polar surface area (TPSA) is 76.0 Å². The molecule has 30 heavy (non-hydrogen) atoms. The van der Waals surface area contributed by atoms with Gasteiger partial charge < -0.3 is 10.6 Å². The fourth-order valence-corrected chi connectivity index (χ4v) is 3.03. The maximum absolute atomic E-state index is 13.2. The first kappa shape index (κ1) is 21.4. The molecule has 0 bridgehead atoms. The average Bonchev–Trinajstić information content (AvgIpc) is 2.98. The lowest BCUT2D eigenvalue weighted by Crippen LogP contribution is -2.33. The van der Waals surface area contributed by atoms with Gasteiger partial charge >= 0.3 is 0 Å². The zero-order valence-electron chi connectivity index (χ0n) is 15.7. The molecule has 156 valence electrons. The predicted octanol–water partition coefficient (Wildman–Crippen LogP) is 3.68. The van der Waals surface area contributed by atoms with Crippen LogP contribution >= 0.6 is 11.6 Å². The van der Waals surface area contributed by atoms with E-state index in [0.717, 1.165) is 17.7 Å². The number of aryl methyl sites for hydroxylation is 1. The van der Waals surface area contributed by atoms with Crippen molar-refractivity contribution in [2.45, 2.75) is 13.5 Å². The molecule has 6 nitrogen and oxygen atoms in total. The maximum atomic E-state index is 13.2. The number of aromatic nitrogens is 2. The number of hydrogen-bond acceptors (Lipinski definition) is 3. The van der Waals surface area contributed by atoms with Crippen molar-refractivity contribution in [3.05, 3.63) is 81.9 Å². The van der Waals surface area contributed by atoms with Crippen LogP contribution in [0.25, 0.3) is 0 Å². The number of rotatable bonds is 6. The predicted molar refractivity (Wildman–Crippen MR) is 105 cm³/mol. The van der Waals surface area contributed by atoms with E-state index in [0.29, 0.717) is 5.69 Å². The van der Waals surface area contributed by atoms with Gasteiger partial charge in [0.2, 0.25) is 5.91 Å². The Morgan fingerprint density at radius 1 is 1.07 bits per heavy atom. The molecule has 1 heterocycles. The van der Waals surface area contributed by atoms with E-state index in [1.165, 1.54) is 22.9 Å². The minimum absolute atomic E-state index is 0.0504. The summed E-state index contributed by atoms with van der Waals surface area (Å²) in [6.07, 6.45) is 0. The molecule has 0 aliphatic carbocycles. The quantitative estimate of drug-likeness (QED) is 0.619. The number of amides is 2. The van der Waals surface area contributed by atoms with Crippen molar-refractivity contribution >= 4 is 29.1 Å². The average molecular weight is 437 g/mol. The summed E-state index contributed by atoms with van der Waals surface area (Å²) in [4.78, 5) is 24.4. The molecule has 0 unspecified atom stereocenters. The van der Waals surface area contributed by atoms with Gasteiger partial charge in [0.05, 0.1) is 24.3 Å². The van der Waals surface area contributed by atoms with Gasteiger partial charge in [0, 0.05) is 11.8 Å². The Hall–Kier alpha value is -3.33. The summed E-state index contributed by atoms with van der Waals surface area (Å²) < 4.78 is 40.5. The van der Waals surface area contributed by atoms with Crippen molar-refractivity contribution in [1.29, 1.82) is 0 Å². The zero-order chi connectivity index (χ0) is 21.8. The van der Waals surface area contributed by atoms with Crippen LogP contribution in [-0.4, -0.2) is 28.1 Å². The largest absolute Gasteiger partial charge is 0.343 e. The van der Waals surface area contributed by atoms with Crippen molar-refractivity contribution in [2.24, 2.45) is 0 Å². The van der Waals surface area contributed by atoms with E-state index in [4.69, 9.17) is 11.6 Å². The van der Waals surface area contributed by atoms with Crippen molar-refractivity contribution in [2.75, 3.05) is 11.9 Å². The minimum Gasteiger partial charge on any atom is -0.343 e. The number of carbonyl (C=O) groups excluding carboxylic acids is 2. The van der Waals surface area contributed by atoms with Gasteiger partial charge in [-0.15, -0.1) is 0 Å². The molecule has 2 aromatic carbocycles. The lowest BCUT2D eigenvalue weighted by molar-refractivity contribution is -0.115. The molecular formula is C20H16ClF3N4O2. The van der Waals surface area contributed by atoms with E-state index >= 15 is 0 Å². The fraction of sp³-hybridized carbons (Fsp3) is 0.150. The lowest BCUT2D eigenvalue weighted by Gasteiger charge is -2.08. The van der Waals surface area contributed by atoms with E-state index in [1.807, 2.05) is 0 Å². The van der Waals surface area contributed by atoms with E-state index in [9.17, 15) is 22.8 Å². The van der Waals surface area contributed by atoms with Crippen molar-refractivity contribution in [3.63, 3.8) is 0 Å². The first-order chi connectivity index (χ1) is 14.2. The summed E-state index contributed by atoms with van der Waals surface area (Å²) in [7, 11) is 0. The number of benzene rings is 2. The summed E-state index contributed by atoms with van der Waals surface area (Å²) in [5.74, 6) is -3.77. The molecule has 3 rings (SSSR count). The highest BCUT2D eigenvalue weighted by Gasteiger charge is 2.21. The standard InChI is InChI=1S/C20H16ClF3N4O2/c1-11-18(19(21)28(27-11)10-12-2-4-13(22)5-3-12)20(30)25-9-17(29)26-14-6-7-15(23)16(24)8-14/h2-8H,9-10H2,1H3,(H,25,30)(H,26,29). The minimum atomic E-state index is -1.10. The van der Waals surface area contributed by atoms with E-state index in [2.05, 4.69) is 15.7 Å². The van der Waals surface area contributed by atoms with E-state index in [-0.39, 0.29) is 28.8 Å². The lowest BCUT2D eigenvalue weighted by atomic mass is 10.2. The number of carbonyl (C=O) groups is 2. The molecule has 2 amide bonds. The van der Waals surface area contributed by atoms with Crippen LogP contribution < -0.4 is 10.6 Å². The molecule has 0 aliphatic heterocycles. The van der Waals surface area contributed by atoms with Crippen LogP contribution in [0.15, 0.2) is 42.5 Å². The monoisotopic (exact) mass is 436 g/mol. The van der Waals surface area contributed by atoms with Gasteiger partial charge in [-0.3, -0.25) is 9.59 Å². The molecule has 0 aliphatic rings. The fourth-order valence-electron chi connectivity index (χ4n) is 2.71. The highest BCUT2D eigenvalue weighted by molar-refractivity contribution is 6.33. The molecule has 0 saturated heterocycles. The third-order valence-corrected chi connectivity index (χ3v) is 4.54. The Morgan fingerprint density at radius 3 is 2.43 bits per heavy atom. The van der Waals surface area contributed by atoms with Crippen LogP contribution in [0.4, 0.5) is 18.9 Å². The van der Waals surface area contributed by atoms with E-state index < -0.39 is 30.0 Å². The second-order valence-electron chi connectivity index (χ2n) is 6.40. The van der Waals surface area contributed by atoms with Crippen molar-refractivity contribution < 1.29 is 22.8 Å². The Kier molecular flexibility index (Phi) is 6.41. The number of nitrogens with one attached hydrogen (secondary N) is 2.